The van der Waals surface area contributed by atoms with Crippen molar-refractivity contribution in [3.05, 3.63) is 72.3 Å². The normalized spacial score (nSPS) is 12.0. The summed E-state index contributed by atoms with van der Waals surface area (Å²) in [7, 11) is 0. The third-order valence-corrected chi connectivity index (χ3v) is 4.55. The highest BCUT2D eigenvalue weighted by Crippen LogP contribution is 2.28. The Balaban J connectivity index is 1.65. The second-order valence-corrected chi connectivity index (χ2v) is 6.92. The Morgan fingerprint density at radius 3 is 2.84 bits per heavy atom. The first-order valence-electron chi connectivity index (χ1n) is 9.65. The third kappa shape index (κ3) is 4.52. The zero-order valence-electron chi connectivity index (χ0n) is 16.8. The molecule has 0 fully saturated rings. The second kappa shape index (κ2) is 8.90. The number of pyridine rings is 1. The number of nitrogens with zero attached hydrogens (tertiary/aromatic N) is 4. The maximum atomic E-state index is 12.8. The lowest BCUT2D eigenvalue weighted by Gasteiger charge is -2.13. The highest BCUT2D eigenvalue weighted by Gasteiger charge is 2.16. The number of fused-ring (bicyclic) bond motifs is 1. The Bertz CT molecular complexity index is 1220. The smallest absolute Gasteiger partial charge is 0.276 e. The van der Waals surface area contributed by atoms with E-state index in [0.717, 1.165) is 5.69 Å². The number of imidazole rings is 1. The van der Waals surface area contributed by atoms with E-state index in [4.69, 9.17) is 9.84 Å². The van der Waals surface area contributed by atoms with Gasteiger partial charge in [-0.05, 0) is 43.3 Å². The van der Waals surface area contributed by atoms with E-state index < -0.39 is 12.7 Å². The lowest BCUT2D eigenvalue weighted by Crippen LogP contribution is -2.21. The molecule has 9 heteroatoms. The largest absolute Gasteiger partial charge is 0.490 e. The summed E-state index contributed by atoms with van der Waals surface area (Å²) in [6, 6.07) is 14.2. The van der Waals surface area contributed by atoms with Crippen LogP contribution in [0.5, 0.6) is 5.75 Å². The van der Waals surface area contributed by atoms with Crippen LogP contribution < -0.4 is 10.1 Å². The Hall–Kier alpha value is -3.82. The molecule has 158 valence electrons. The number of carbonyl (C=O) groups excluding carboxylic acids is 1. The fraction of sp³-hybridized carbons (Fsp3) is 0.182. The molecule has 1 unspecified atom stereocenters. The Kier molecular flexibility index (Phi) is 5.87. The molecule has 3 N–H and O–H groups in total. The number of aryl methyl sites for hydroxylation is 1. The van der Waals surface area contributed by atoms with Gasteiger partial charge in [0.2, 0.25) is 0 Å². The molecule has 0 saturated heterocycles. The minimum absolute atomic E-state index is 0.0557. The molecule has 0 radical (unpaired) electrons. The van der Waals surface area contributed by atoms with Crippen LogP contribution in [0.25, 0.3) is 16.9 Å². The van der Waals surface area contributed by atoms with E-state index >= 15 is 0 Å². The van der Waals surface area contributed by atoms with Crippen LogP contribution in [0.1, 0.15) is 16.2 Å². The number of para-hydroxylation sites is 1. The Morgan fingerprint density at radius 1 is 1.19 bits per heavy atom. The molecule has 0 aliphatic carbocycles. The van der Waals surface area contributed by atoms with Crippen LogP contribution in [-0.4, -0.2) is 55.0 Å². The van der Waals surface area contributed by atoms with E-state index in [0.29, 0.717) is 28.3 Å². The van der Waals surface area contributed by atoms with Gasteiger partial charge >= 0.3 is 0 Å². The first-order valence-corrected chi connectivity index (χ1v) is 9.65. The number of ether oxygens (including phenoxy) is 1. The van der Waals surface area contributed by atoms with E-state index in [1.165, 1.54) is 10.7 Å². The summed E-state index contributed by atoms with van der Waals surface area (Å²) in [6.45, 7) is 1.40. The molecular weight excluding hydrogens is 398 g/mol. The zero-order valence-corrected chi connectivity index (χ0v) is 16.8. The SMILES string of the molecule is Cc1cc(NC(=O)c2cnc3ccc(-c4ccccc4OCC(O)CO)nn23)ccn1. The summed E-state index contributed by atoms with van der Waals surface area (Å²) in [5.41, 5.74) is 3.46. The van der Waals surface area contributed by atoms with Crippen LogP contribution in [0.15, 0.2) is 60.9 Å². The number of aromatic nitrogens is 4. The quantitative estimate of drug-likeness (QED) is 0.419. The monoisotopic (exact) mass is 419 g/mol. The minimum Gasteiger partial charge on any atom is -0.490 e. The molecule has 1 aromatic carbocycles. The van der Waals surface area contributed by atoms with E-state index in [9.17, 15) is 9.90 Å². The number of carbonyl (C=O) groups is 1. The van der Waals surface area contributed by atoms with Gasteiger partial charge in [0.25, 0.3) is 5.91 Å². The number of benzene rings is 1. The van der Waals surface area contributed by atoms with Gasteiger partial charge < -0.3 is 20.3 Å². The number of hydrogen-bond acceptors (Lipinski definition) is 7. The molecule has 1 atom stereocenters. The third-order valence-electron chi connectivity index (χ3n) is 4.55. The highest BCUT2D eigenvalue weighted by atomic mass is 16.5. The predicted octanol–water partition coefficient (Wildman–Crippen LogP) is 2.08. The first kappa shape index (κ1) is 20.5. The van der Waals surface area contributed by atoms with Crippen LogP contribution in [0.2, 0.25) is 0 Å². The highest BCUT2D eigenvalue weighted by molar-refractivity contribution is 6.03. The van der Waals surface area contributed by atoms with Crippen molar-refractivity contribution >= 4 is 17.2 Å². The van der Waals surface area contributed by atoms with Gasteiger partial charge in [-0.25, -0.2) is 9.50 Å². The summed E-state index contributed by atoms with van der Waals surface area (Å²) in [5.74, 6) is 0.151. The summed E-state index contributed by atoms with van der Waals surface area (Å²) >= 11 is 0. The van der Waals surface area contributed by atoms with Crippen molar-refractivity contribution in [2.24, 2.45) is 0 Å². The van der Waals surface area contributed by atoms with Gasteiger partial charge in [-0.1, -0.05) is 12.1 Å². The molecular formula is C22H21N5O4. The molecule has 9 nitrogen and oxygen atoms in total. The van der Waals surface area contributed by atoms with Crippen LogP contribution in [0.4, 0.5) is 5.69 Å². The van der Waals surface area contributed by atoms with Gasteiger partial charge in [0.05, 0.1) is 18.5 Å². The molecule has 0 spiro atoms. The van der Waals surface area contributed by atoms with Crippen molar-refractivity contribution in [2.45, 2.75) is 13.0 Å². The van der Waals surface area contributed by atoms with Crippen molar-refractivity contribution in [3.63, 3.8) is 0 Å². The van der Waals surface area contributed by atoms with E-state index in [1.54, 1.807) is 42.6 Å². The zero-order chi connectivity index (χ0) is 21.8. The van der Waals surface area contributed by atoms with Crippen molar-refractivity contribution < 1.29 is 19.7 Å². The van der Waals surface area contributed by atoms with Crippen LogP contribution in [0.3, 0.4) is 0 Å². The van der Waals surface area contributed by atoms with Gasteiger partial charge in [-0.2, -0.15) is 5.10 Å². The molecule has 0 aliphatic rings. The van der Waals surface area contributed by atoms with E-state index in [-0.39, 0.29) is 18.2 Å². The minimum atomic E-state index is -0.982. The average molecular weight is 419 g/mol. The van der Waals surface area contributed by atoms with Crippen LogP contribution >= 0.6 is 0 Å². The number of rotatable bonds is 7. The van der Waals surface area contributed by atoms with E-state index in [1.807, 2.05) is 19.1 Å². The summed E-state index contributed by atoms with van der Waals surface area (Å²) in [5, 5.41) is 26.0. The van der Waals surface area contributed by atoms with Crippen molar-refractivity contribution in [3.8, 4) is 17.0 Å². The topological polar surface area (TPSA) is 122 Å². The number of aliphatic hydroxyl groups excluding tert-OH is 2. The maximum Gasteiger partial charge on any atom is 0.276 e. The van der Waals surface area contributed by atoms with Crippen molar-refractivity contribution in [2.75, 3.05) is 18.5 Å². The standard InChI is InChI=1S/C22H21N5O4/c1-14-10-15(8-9-23-14)25-22(30)19-11-24-21-7-6-18(26-27(19)21)17-4-2-3-5-20(17)31-13-16(29)12-28/h2-11,16,28-29H,12-13H2,1H3,(H,23,25,30). The van der Waals surface area contributed by atoms with Crippen molar-refractivity contribution in [1.29, 1.82) is 0 Å². The molecule has 4 rings (SSSR count). The first-order chi connectivity index (χ1) is 15.0. The van der Waals surface area contributed by atoms with Gasteiger partial charge in [0.1, 0.15) is 18.5 Å². The molecule has 3 aromatic heterocycles. The fourth-order valence-electron chi connectivity index (χ4n) is 3.03. The number of aliphatic hydroxyl groups is 2. The van der Waals surface area contributed by atoms with Gasteiger partial charge in [-0.3, -0.25) is 9.78 Å². The maximum absolute atomic E-state index is 12.8. The van der Waals surface area contributed by atoms with Gasteiger partial charge in [-0.15, -0.1) is 0 Å². The molecule has 0 saturated carbocycles. The molecule has 1 amide bonds. The summed E-state index contributed by atoms with van der Waals surface area (Å²) in [4.78, 5) is 21.2. The number of amides is 1. The van der Waals surface area contributed by atoms with E-state index in [2.05, 4.69) is 20.4 Å². The molecule has 4 aromatic rings. The van der Waals surface area contributed by atoms with Crippen LogP contribution in [0, 0.1) is 6.92 Å². The molecule has 31 heavy (non-hydrogen) atoms. The van der Waals surface area contributed by atoms with Gasteiger partial charge in [0.15, 0.2) is 11.3 Å². The summed E-state index contributed by atoms with van der Waals surface area (Å²) in [6.07, 6.45) is 2.11. The Labute approximate surface area is 178 Å². The van der Waals surface area contributed by atoms with Crippen molar-refractivity contribution in [1.82, 2.24) is 19.6 Å². The number of nitrogens with one attached hydrogen (secondary N) is 1. The number of anilines is 1. The average Bonchev–Trinajstić information content (AvgIpc) is 3.21. The molecule has 0 aliphatic heterocycles. The fourth-order valence-corrected chi connectivity index (χ4v) is 3.03. The number of hydrogen-bond donors (Lipinski definition) is 3. The molecule has 3 heterocycles. The van der Waals surface area contributed by atoms with Crippen LogP contribution in [-0.2, 0) is 0 Å². The van der Waals surface area contributed by atoms with Gasteiger partial charge in [0, 0.05) is 23.1 Å². The molecule has 0 bridgehead atoms. The lowest BCUT2D eigenvalue weighted by atomic mass is 10.1. The lowest BCUT2D eigenvalue weighted by molar-refractivity contribution is 0.0538. The Morgan fingerprint density at radius 2 is 2.03 bits per heavy atom. The second-order valence-electron chi connectivity index (χ2n) is 6.92. The summed E-state index contributed by atoms with van der Waals surface area (Å²) < 4.78 is 7.12. The predicted molar refractivity (Wildman–Crippen MR) is 114 cm³/mol.